The number of hydrogen-bond acceptors (Lipinski definition) is 3. The second-order valence-corrected chi connectivity index (χ2v) is 6.46. The molecule has 0 spiro atoms. The fourth-order valence-electron chi connectivity index (χ4n) is 2.26. The summed E-state index contributed by atoms with van der Waals surface area (Å²) in [6.45, 7) is 1.56. The van der Waals surface area contributed by atoms with Crippen LogP contribution in [0.25, 0.3) is 11.3 Å². The van der Waals surface area contributed by atoms with Crippen LogP contribution >= 0.6 is 22.9 Å². The number of aromatic nitrogens is 1. The smallest absolute Gasteiger partial charge is 0.190 e. The summed E-state index contributed by atoms with van der Waals surface area (Å²) in [5.74, 6) is 0.0412. The van der Waals surface area contributed by atoms with Gasteiger partial charge in [0.15, 0.2) is 10.6 Å². The Bertz CT molecular complexity index is 923. The quantitative estimate of drug-likeness (QED) is 0.627. The Morgan fingerprint density at radius 3 is 2.61 bits per heavy atom. The van der Waals surface area contributed by atoms with Crippen LogP contribution in [0.4, 0.5) is 5.69 Å². The van der Waals surface area contributed by atoms with E-state index in [-0.39, 0.29) is 5.78 Å². The number of halogens is 1. The van der Waals surface area contributed by atoms with E-state index in [4.69, 9.17) is 11.6 Å². The number of thiazole rings is 1. The Morgan fingerprint density at radius 1 is 1.17 bits per heavy atom. The van der Waals surface area contributed by atoms with Crippen molar-refractivity contribution < 1.29 is 4.79 Å². The van der Waals surface area contributed by atoms with Gasteiger partial charge in [0.05, 0.1) is 11.4 Å². The molecule has 3 nitrogen and oxygen atoms in total. The van der Waals surface area contributed by atoms with E-state index in [1.165, 1.54) is 0 Å². The van der Waals surface area contributed by atoms with Crippen molar-refractivity contribution in [3.63, 3.8) is 0 Å². The van der Waals surface area contributed by atoms with Gasteiger partial charge in [-0.15, -0.1) is 11.3 Å². The fraction of sp³-hybridized carbons (Fsp3) is 0.111. The topological polar surface area (TPSA) is 34.4 Å². The lowest BCUT2D eigenvalue weighted by molar-refractivity contribution is 0.101. The highest BCUT2D eigenvalue weighted by Gasteiger charge is 2.05. The summed E-state index contributed by atoms with van der Waals surface area (Å²) in [4.78, 5) is 17.0. The summed E-state index contributed by atoms with van der Waals surface area (Å²) >= 11 is 7.50. The summed E-state index contributed by atoms with van der Waals surface area (Å²) in [5, 5.41) is 2.79. The SMILES string of the molecule is CC(=O)c1cccc(N=c2scc(-c3ccc(Cl)cc3)n2C)c1. The molecule has 0 fully saturated rings. The molecular weight excluding hydrogens is 328 g/mol. The van der Waals surface area contributed by atoms with E-state index in [0.717, 1.165) is 26.8 Å². The zero-order valence-electron chi connectivity index (χ0n) is 12.8. The zero-order chi connectivity index (χ0) is 16.4. The van der Waals surface area contributed by atoms with E-state index in [9.17, 15) is 4.79 Å². The van der Waals surface area contributed by atoms with Crippen LogP contribution in [0.5, 0.6) is 0 Å². The molecule has 0 aliphatic carbocycles. The second-order valence-electron chi connectivity index (χ2n) is 5.19. The maximum absolute atomic E-state index is 11.5. The molecule has 0 amide bonds. The number of rotatable bonds is 3. The monoisotopic (exact) mass is 342 g/mol. The van der Waals surface area contributed by atoms with Gasteiger partial charge < -0.3 is 4.57 Å². The van der Waals surface area contributed by atoms with Crippen molar-refractivity contribution in [3.05, 3.63) is 69.3 Å². The second kappa shape index (κ2) is 6.52. The van der Waals surface area contributed by atoms with Gasteiger partial charge in [-0.25, -0.2) is 4.99 Å². The first-order valence-electron chi connectivity index (χ1n) is 7.11. The molecule has 0 saturated heterocycles. The van der Waals surface area contributed by atoms with Crippen LogP contribution in [0.2, 0.25) is 5.02 Å². The van der Waals surface area contributed by atoms with E-state index in [0.29, 0.717) is 5.56 Å². The third kappa shape index (κ3) is 3.44. The van der Waals surface area contributed by atoms with Gasteiger partial charge in [-0.2, -0.15) is 0 Å². The molecule has 1 heterocycles. The molecule has 0 saturated carbocycles. The molecule has 0 bridgehead atoms. The summed E-state index contributed by atoms with van der Waals surface area (Å²) < 4.78 is 2.04. The van der Waals surface area contributed by atoms with Crippen LogP contribution in [0.1, 0.15) is 17.3 Å². The number of Topliss-reactive ketones (excluding diaryl/α,β-unsaturated/α-hetero) is 1. The van der Waals surface area contributed by atoms with Crippen LogP contribution in [0.3, 0.4) is 0 Å². The van der Waals surface area contributed by atoms with E-state index in [1.807, 2.05) is 54.1 Å². The summed E-state index contributed by atoms with van der Waals surface area (Å²) in [7, 11) is 1.98. The average Bonchev–Trinajstić information content (AvgIpc) is 2.89. The summed E-state index contributed by atoms with van der Waals surface area (Å²) in [5.41, 5.74) is 3.61. The van der Waals surface area contributed by atoms with Gasteiger partial charge in [-0.05, 0) is 36.8 Å². The van der Waals surface area contributed by atoms with Crippen molar-refractivity contribution in [1.82, 2.24) is 4.57 Å². The number of benzene rings is 2. The first-order valence-corrected chi connectivity index (χ1v) is 8.36. The van der Waals surface area contributed by atoms with Crippen LogP contribution in [0, 0.1) is 0 Å². The molecule has 23 heavy (non-hydrogen) atoms. The summed E-state index contributed by atoms with van der Waals surface area (Å²) in [6, 6.07) is 15.1. The Morgan fingerprint density at radius 2 is 1.91 bits per heavy atom. The lowest BCUT2D eigenvalue weighted by Gasteiger charge is -2.03. The fourth-order valence-corrected chi connectivity index (χ4v) is 3.31. The van der Waals surface area contributed by atoms with Gasteiger partial charge in [0.1, 0.15) is 0 Å². The standard InChI is InChI=1S/C18H15ClN2OS/c1-12(22)14-4-3-5-16(10-14)20-18-21(2)17(11-23-18)13-6-8-15(19)9-7-13/h3-11H,1-2H3. The maximum atomic E-state index is 11.5. The molecule has 2 aromatic carbocycles. The summed E-state index contributed by atoms with van der Waals surface area (Å²) in [6.07, 6.45) is 0. The third-order valence-electron chi connectivity index (χ3n) is 3.54. The molecule has 0 aliphatic heterocycles. The molecular formula is C18H15ClN2OS. The molecule has 0 radical (unpaired) electrons. The van der Waals surface area contributed by atoms with Crippen molar-refractivity contribution in [2.24, 2.45) is 12.0 Å². The Kier molecular flexibility index (Phi) is 4.46. The number of carbonyl (C=O) groups excluding carboxylic acids is 1. The van der Waals surface area contributed by atoms with Gasteiger partial charge >= 0.3 is 0 Å². The molecule has 0 N–H and O–H groups in total. The molecule has 3 aromatic rings. The number of hydrogen-bond donors (Lipinski definition) is 0. The van der Waals surface area contributed by atoms with Gasteiger partial charge in [-0.1, -0.05) is 35.9 Å². The molecule has 0 unspecified atom stereocenters. The van der Waals surface area contributed by atoms with E-state index < -0.39 is 0 Å². The lowest BCUT2D eigenvalue weighted by atomic mass is 10.1. The van der Waals surface area contributed by atoms with Gasteiger partial charge in [0, 0.05) is 23.0 Å². The number of nitrogens with zero attached hydrogens (tertiary/aromatic N) is 2. The highest BCUT2D eigenvalue weighted by molar-refractivity contribution is 7.07. The maximum Gasteiger partial charge on any atom is 0.190 e. The van der Waals surface area contributed by atoms with Crippen molar-refractivity contribution >= 4 is 34.4 Å². The van der Waals surface area contributed by atoms with Gasteiger partial charge in [-0.3, -0.25) is 4.79 Å². The van der Waals surface area contributed by atoms with Crippen molar-refractivity contribution in [3.8, 4) is 11.3 Å². The van der Waals surface area contributed by atoms with Crippen molar-refractivity contribution in [1.29, 1.82) is 0 Å². The van der Waals surface area contributed by atoms with Crippen LogP contribution in [-0.4, -0.2) is 10.4 Å². The Balaban J connectivity index is 2.03. The van der Waals surface area contributed by atoms with Crippen LogP contribution in [-0.2, 0) is 7.05 Å². The average molecular weight is 343 g/mol. The normalized spacial score (nSPS) is 11.7. The minimum Gasteiger partial charge on any atom is -0.320 e. The van der Waals surface area contributed by atoms with E-state index in [1.54, 1.807) is 24.3 Å². The predicted molar refractivity (Wildman–Crippen MR) is 95.4 cm³/mol. The first-order chi connectivity index (χ1) is 11.0. The minimum atomic E-state index is 0.0412. The van der Waals surface area contributed by atoms with Gasteiger partial charge in [0.2, 0.25) is 0 Å². The molecule has 0 atom stereocenters. The van der Waals surface area contributed by atoms with Crippen LogP contribution in [0.15, 0.2) is 58.9 Å². The largest absolute Gasteiger partial charge is 0.320 e. The lowest BCUT2D eigenvalue weighted by Crippen LogP contribution is -2.10. The first kappa shape index (κ1) is 15.7. The molecule has 0 aliphatic rings. The molecule has 5 heteroatoms. The van der Waals surface area contributed by atoms with E-state index >= 15 is 0 Å². The Hall–Kier alpha value is -2.17. The van der Waals surface area contributed by atoms with Gasteiger partial charge in [0.25, 0.3) is 0 Å². The minimum absolute atomic E-state index is 0.0412. The third-order valence-corrected chi connectivity index (χ3v) is 4.71. The number of ketones is 1. The zero-order valence-corrected chi connectivity index (χ0v) is 14.4. The highest BCUT2D eigenvalue weighted by Crippen LogP contribution is 2.22. The van der Waals surface area contributed by atoms with Crippen molar-refractivity contribution in [2.45, 2.75) is 6.92 Å². The van der Waals surface area contributed by atoms with Crippen molar-refractivity contribution in [2.75, 3.05) is 0 Å². The molecule has 3 rings (SSSR count). The van der Waals surface area contributed by atoms with E-state index in [2.05, 4.69) is 10.4 Å². The highest BCUT2D eigenvalue weighted by atomic mass is 35.5. The predicted octanol–water partition coefficient (Wildman–Crippen LogP) is 4.84. The molecule has 116 valence electrons. The van der Waals surface area contributed by atoms with Crippen LogP contribution < -0.4 is 4.80 Å². The molecule has 1 aromatic heterocycles. The Labute approximate surface area is 143 Å². The number of carbonyl (C=O) groups is 1.